The van der Waals surface area contributed by atoms with E-state index in [4.69, 9.17) is 0 Å². The first-order chi connectivity index (χ1) is 9.79. The molecule has 20 heavy (non-hydrogen) atoms. The van der Waals surface area contributed by atoms with Gasteiger partial charge in [-0.1, -0.05) is 49.7 Å². The molecule has 0 N–H and O–H groups in total. The minimum absolute atomic E-state index is 0.191. The zero-order valence-corrected chi connectivity index (χ0v) is 12.0. The Kier molecular flexibility index (Phi) is 3.72. The number of rotatable bonds is 2. The van der Waals surface area contributed by atoms with Gasteiger partial charge in [0, 0.05) is 18.7 Å². The largest absolute Gasteiger partial charge is 0.339 e. The fourth-order valence-electron chi connectivity index (χ4n) is 3.13. The van der Waals surface area contributed by atoms with E-state index in [1.54, 1.807) is 0 Å². The first-order valence-corrected chi connectivity index (χ1v) is 7.56. The van der Waals surface area contributed by atoms with Gasteiger partial charge in [-0.25, -0.2) is 0 Å². The van der Waals surface area contributed by atoms with Gasteiger partial charge in [0.05, 0.1) is 0 Å². The first-order valence-electron chi connectivity index (χ1n) is 7.56. The maximum atomic E-state index is 12.7. The quantitative estimate of drug-likeness (QED) is 0.802. The van der Waals surface area contributed by atoms with Crippen molar-refractivity contribution in [3.05, 3.63) is 48.0 Å². The second-order valence-electron chi connectivity index (χ2n) is 5.67. The number of carbonyl (C=O) groups is 1. The third-order valence-corrected chi connectivity index (χ3v) is 4.50. The highest BCUT2D eigenvalue weighted by Crippen LogP contribution is 2.24. The number of hydrogen-bond donors (Lipinski definition) is 0. The minimum atomic E-state index is 0.191. The van der Waals surface area contributed by atoms with Crippen molar-refractivity contribution in [1.29, 1.82) is 0 Å². The number of amides is 1. The summed E-state index contributed by atoms with van der Waals surface area (Å²) >= 11 is 0. The Morgan fingerprint density at radius 2 is 1.80 bits per heavy atom. The van der Waals surface area contributed by atoms with Crippen molar-refractivity contribution in [3.8, 4) is 0 Å². The number of fused-ring (bicyclic) bond motifs is 1. The number of likely N-dealkylation sites (tertiary alicyclic amines) is 1. The van der Waals surface area contributed by atoms with E-state index in [-0.39, 0.29) is 5.91 Å². The van der Waals surface area contributed by atoms with Gasteiger partial charge in [0.25, 0.3) is 5.91 Å². The molecular weight excluding hydrogens is 246 g/mol. The molecule has 1 saturated heterocycles. The molecule has 2 heteroatoms. The summed E-state index contributed by atoms with van der Waals surface area (Å²) in [5.41, 5.74) is 0.845. The van der Waals surface area contributed by atoms with Crippen LogP contribution in [-0.2, 0) is 0 Å². The van der Waals surface area contributed by atoms with E-state index in [0.717, 1.165) is 48.2 Å². The van der Waals surface area contributed by atoms with Crippen molar-refractivity contribution in [1.82, 2.24) is 4.90 Å². The van der Waals surface area contributed by atoms with Crippen LogP contribution < -0.4 is 0 Å². The van der Waals surface area contributed by atoms with Crippen LogP contribution in [0.15, 0.2) is 42.5 Å². The zero-order chi connectivity index (χ0) is 13.9. The third kappa shape index (κ3) is 2.43. The van der Waals surface area contributed by atoms with Crippen molar-refractivity contribution in [3.63, 3.8) is 0 Å². The fraction of sp³-hybridized carbons (Fsp3) is 0.389. The van der Waals surface area contributed by atoms with Crippen molar-refractivity contribution in [2.45, 2.75) is 26.2 Å². The van der Waals surface area contributed by atoms with E-state index in [9.17, 15) is 4.79 Å². The molecule has 1 heterocycles. The highest BCUT2D eigenvalue weighted by molar-refractivity contribution is 6.07. The van der Waals surface area contributed by atoms with Gasteiger partial charge in [-0.2, -0.15) is 0 Å². The van der Waals surface area contributed by atoms with Crippen LogP contribution in [0.1, 0.15) is 36.5 Å². The number of nitrogens with zero attached hydrogens (tertiary/aromatic N) is 1. The van der Waals surface area contributed by atoms with Gasteiger partial charge >= 0.3 is 0 Å². The van der Waals surface area contributed by atoms with Crippen LogP contribution >= 0.6 is 0 Å². The Labute approximate surface area is 120 Å². The molecule has 0 aliphatic carbocycles. The number of hydrogen-bond acceptors (Lipinski definition) is 1. The molecule has 104 valence electrons. The molecule has 0 aromatic heterocycles. The molecular formula is C18H21NO. The summed E-state index contributed by atoms with van der Waals surface area (Å²) in [4.78, 5) is 14.8. The van der Waals surface area contributed by atoms with Crippen LogP contribution in [-0.4, -0.2) is 23.9 Å². The summed E-state index contributed by atoms with van der Waals surface area (Å²) in [6.07, 6.45) is 3.52. The minimum Gasteiger partial charge on any atom is -0.339 e. The maximum Gasteiger partial charge on any atom is 0.254 e. The average Bonchev–Trinajstić information content (AvgIpc) is 2.54. The Morgan fingerprint density at radius 3 is 2.55 bits per heavy atom. The summed E-state index contributed by atoms with van der Waals surface area (Å²) in [6.45, 7) is 4.05. The van der Waals surface area contributed by atoms with Crippen LogP contribution in [0.3, 0.4) is 0 Å². The molecule has 0 atom stereocenters. The molecule has 1 fully saturated rings. The smallest absolute Gasteiger partial charge is 0.254 e. The van der Waals surface area contributed by atoms with E-state index in [0.29, 0.717) is 0 Å². The highest BCUT2D eigenvalue weighted by atomic mass is 16.2. The molecule has 0 radical (unpaired) electrons. The summed E-state index contributed by atoms with van der Waals surface area (Å²) in [6, 6.07) is 14.1. The Morgan fingerprint density at radius 1 is 1.10 bits per heavy atom. The predicted octanol–water partition coefficient (Wildman–Crippen LogP) is 4.10. The van der Waals surface area contributed by atoms with Gasteiger partial charge in [0.15, 0.2) is 0 Å². The lowest BCUT2D eigenvalue weighted by atomic mass is 9.93. The average molecular weight is 267 g/mol. The molecule has 1 amide bonds. The van der Waals surface area contributed by atoms with E-state index in [2.05, 4.69) is 19.1 Å². The number of piperidine rings is 1. The van der Waals surface area contributed by atoms with Crippen molar-refractivity contribution < 1.29 is 4.79 Å². The van der Waals surface area contributed by atoms with Gasteiger partial charge < -0.3 is 4.90 Å². The fourth-order valence-corrected chi connectivity index (χ4v) is 3.13. The third-order valence-electron chi connectivity index (χ3n) is 4.50. The zero-order valence-electron chi connectivity index (χ0n) is 12.0. The lowest BCUT2D eigenvalue weighted by Gasteiger charge is -2.31. The van der Waals surface area contributed by atoms with Crippen molar-refractivity contribution in [2.75, 3.05) is 13.1 Å². The Bertz CT molecular complexity index is 606. The second-order valence-corrected chi connectivity index (χ2v) is 5.67. The Hall–Kier alpha value is -1.83. The van der Waals surface area contributed by atoms with Crippen molar-refractivity contribution >= 4 is 16.7 Å². The molecule has 1 aliphatic rings. The van der Waals surface area contributed by atoms with Crippen LogP contribution in [0.5, 0.6) is 0 Å². The van der Waals surface area contributed by atoms with Gasteiger partial charge in [0.2, 0.25) is 0 Å². The molecule has 0 spiro atoms. The van der Waals surface area contributed by atoms with E-state index in [1.807, 2.05) is 35.2 Å². The monoisotopic (exact) mass is 267 g/mol. The van der Waals surface area contributed by atoms with Crippen LogP contribution in [0.4, 0.5) is 0 Å². The first kappa shape index (κ1) is 13.2. The van der Waals surface area contributed by atoms with Gasteiger partial charge in [0.1, 0.15) is 0 Å². The molecule has 2 nitrogen and oxygen atoms in total. The molecule has 2 aromatic carbocycles. The van der Waals surface area contributed by atoms with Crippen molar-refractivity contribution in [2.24, 2.45) is 5.92 Å². The van der Waals surface area contributed by atoms with Crippen LogP contribution in [0.2, 0.25) is 0 Å². The van der Waals surface area contributed by atoms with Gasteiger partial charge in [-0.05, 0) is 35.6 Å². The standard InChI is InChI=1S/C18H21NO/c1-2-14-10-12-19(13-11-14)18(20)17-9-5-7-15-6-3-4-8-16(15)17/h3-9,14H,2,10-13H2,1H3. The number of carbonyl (C=O) groups excluding carboxylic acids is 1. The van der Waals surface area contributed by atoms with Crippen LogP contribution in [0.25, 0.3) is 10.8 Å². The van der Waals surface area contributed by atoms with E-state index in [1.165, 1.54) is 6.42 Å². The van der Waals surface area contributed by atoms with E-state index < -0.39 is 0 Å². The van der Waals surface area contributed by atoms with Crippen LogP contribution in [0, 0.1) is 5.92 Å². The second kappa shape index (κ2) is 5.66. The lowest BCUT2D eigenvalue weighted by Crippen LogP contribution is -2.38. The lowest BCUT2D eigenvalue weighted by molar-refractivity contribution is 0.0691. The molecule has 0 unspecified atom stereocenters. The molecule has 0 bridgehead atoms. The molecule has 3 rings (SSSR count). The maximum absolute atomic E-state index is 12.7. The summed E-state index contributed by atoms with van der Waals surface area (Å²) in [5.74, 6) is 0.989. The molecule has 1 aliphatic heterocycles. The summed E-state index contributed by atoms with van der Waals surface area (Å²) < 4.78 is 0. The van der Waals surface area contributed by atoms with E-state index >= 15 is 0 Å². The molecule has 0 saturated carbocycles. The Balaban J connectivity index is 1.86. The summed E-state index contributed by atoms with van der Waals surface area (Å²) in [7, 11) is 0. The predicted molar refractivity (Wildman–Crippen MR) is 82.9 cm³/mol. The SMILES string of the molecule is CCC1CCN(C(=O)c2cccc3ccccc23)CC1. The summed E-state index contributed by atoms with van der Waals surface area (Å²) in [5, 5.41) is 2.21. The number of benzene rings is 2. The normalized spacial score (nSPS) is 16.6. The van der Waals surface area contributed by atoms with Gasteiger partial charge in [-0.15, -0.1) is 0 Å². The molecule has 2 aromatic rings. The highest BCUT2D eigenvalue weighted by Gasteiger charge is 2.23. The van der Waals surface area contributed by atoms with Gasteiger partial charge in [-0.3, -0.25) is 4.79 Å². The topological polar surface area (TPSA) is 20.3 Å².